The fourth-order valence-electron chi connectivity index (χ4n) is 4.87. The van der Waals surface area contributed by atoms with Crippen LogP contribution >= 0.6 is 0 Å². The standard InChI is InChI=1S/C34H42N4O2/c1-34(2,3)21-32(39)38(24-26-11-7-6-8-12-26)25-33(40)37(23-27-15-17-29(18-16-27)36(4)5)20-19-28-22-35-31-14-10-9-13-30(28)31/h6-18,22,35H,19-21,23-25H2,1-5H3. The molecule has 4 rings (SSSR count). The summed E-state index contributed by atoms with van der Waals surface area (Å²) in [7, 11) is 4.03. The van der Waals surface area contributed by atoms with Gasteiger partial charge in [-0.25, -0.2) is 0 Å². The predicted octanol–water partition coefficient (Wildman–Crippen LogP) is 6.27. The van der Waals surface area contributed by atoms with Crippen LogP contribution in [0.1, 0.15) is 43.9 Å². The Morgan fingerprint density at radius 1 is 0.750 bits per heavy atom. The van der Waals surface area contributed by atoms with Gasteiger partial charge in [-0.3, -0.25) is 9.59 Å². The molecule has 2 amide bonds. The molecule has 0 bridgehead atoms. The molecule has 0 unspecified atom stereocenters. The third-order valence-electron chi connectivity index (χ3n) is 7.08. The van der Waals surface area contributed by atoms with Gasteiger partial charge < -0.3 is 19.7 Å². The zero-order chi connectivity index (χ0) is 28.7. The van der Waals surface area contributed by atoms with Crippen LogP contribution in [0.2, 0.25) is 0 Å². The minimum absolute atomic E-state index is 0.00313. The predicted molar refractivity (Wildman–Crippen MR) is 164 cm³/mol. The van der Waals surface area contributed by atoms with Gasteiger partial charge in [0.25, 0.3) is 0 Å². The lowest BCUT2D eigenvalue weighted by Crippen LogP contribution is -2.43. The van der Waals surface area contributed by atoms with Crippen molar-refractivity contribution in [3.05, 3.63) is 102 Å². The number of nitrogens with zero attached hydrogens (tertiary/aromatic N) is 3. The Morgan fingerprint density at radius 3 is 2.05 bits per heavy atom. The first-order valence-corrected chi connectivity index (χ1v) is 14.0. The highest BCUT2D eigenvalue weighted by Crippen LogP contribution is 2.22. The van der Waals surface area contributed by atoms with E-state index in [1.807, 2.05) is 67.7 Å². The summed E-state index contributed by atoms with van der Waals surface area (Å²) in [6, 6.07) is 26.4. The molecule has 0 spiro atoms. The normalized spacial score (nSPS) is 11.4. The Kier molecular flexibility index (Phi) is 9.30. The number of H-pyrrole nitrogens is 1. The smallest absolute Gasteiger partial charge is 0.242 e. The molecule has 0 saturated carbocycles. The van der Waals surface area contributed by atoms with Gasteiger partial charge >= 0.3 is 0 Å². The molecular weight excluding hydrogens is 496 g/mol. The summed E-state index contributed by atoms with van der Waals surface area (Å²) in [4.78, 5) is 36.4. The minimum Gasteiger partial charge on any atom is -0.378 e. The number of hydrogen-bond donors (Lipinski definition) is 1. The number of nitrogens with one attached hydrogen (secondary N) is 1. The Hall–Kier alpha value is -4.06. The molecule has 4 aromatic rings. The third kappa shape index (κ3) is 7.98. The van der Waals surface area contributed by atoms with Gasteiger partial charge in [0.1, 0.15) is 6.54 Å². The summed E-state index contributed by atoms with van der Waals surface area (Å²) in [5.74, 6) is -0.0497. The molecule has 6 heteroatoms. The number of benzene rings is 3. The van der Waals surface area contributed by atoms with E-state index in [9.17, 15) is 9.59 Å². The van der Waals surface area contributed by atoms with E-state index in [0.29, 0.717) is 26.1 Å². The molecule has 0 fully saturated rings. The molecule has 40 heavy (non-hydrogen) atoms. The molecule has 3 aromatic carbocycles. The van der Waals surface area contributed by atoms with E-state index in [-0.39, 0.29) is 23.8 Å². The molecule has 0 aliphatic heterocycles. The highest BCUT2D eigenvalue weighted by Gasteiger charge is 2.25. The minimum atomic E-state index is -0.168. The molecular formula is C34H42N4O2. The van der Waals surface area contributed by atoms with E-state index in [2.05, 4.69) is 67.1 Å². The zero-order valence-electron chi connectivity index (χ0n) is 24.5. The maximum Gasteiger partial charge on any atom is 0.242 e. The van der Waals surface area contributed by atoms with Gasteiger partial charge in [-0.2, -0.15) is 0 Å². The summed E-state index contributed by atoms with van der Waals surface area (Å²) in [5.41, 5.74) is 5.30. The molecule has 0 saturated heterocycles. The number of aromatic nitrogens is 1. The van der Waals surface area contributed by atoms with Crippen LogP contribution in [-0.4, -0.2) is 53.8 Å². The number of rotatable bonds is 11. The maximum absolute atomic E-state index is 13.9. The van der Waals surface area contributed by atoms with E-state index in [0.717, 1.165) is 28.8 Å². The summed E-state index contributed by atoms with van der Waals surface area (Å²) in [6.07, 6.45) is 3.14. The Labute approximate surface area is 238 Å². The maximum atomic E-state index is 13.9. The summed E-state index contributed by atoms with van der Waals surface area (Å²) < 4.78 is 0. The Balaban J connectivity index is 1.56. The van der Waals surface area contributed by atoms with Crippen molar-refractivity contribution >= 4 is 28.4 Å². The van der Waals surface area contributed by atoms with Crippen LogP contribution in [0.25, 0.3) is 10.9 Å². The summed E-state index contributed by atoms with van der Waals surface area (Å²) >= 11 is 0. The van der Waals surface area contributed by atoms with Gasteiger partial charge in [-0.05, 0) is 46.7 Å². The second-order valence-electron chi connectivity index (χ2n) is 12.0. The molecule has 0 radical (unpaired) electrons. The first kappa shape index (κ1) is 28.9. The van der Waals surface area contributed by atoms with Gasteiger partial charge in [-0.15, -0.1) is 0 Å². The van der Waals surface area contributed by atoms with E-state index in [4.69, 9.17) is 0 Å². The molecule has 0 aliphatic carbocycles. The Morgan fingerprint density at radius 2 is 1.38 bits per heavy atom. The zero-order valence-corrected chi connectivity index (χ0v) is 24.5. The van der Waals surface area contributed by atoms with Gasteiger partial charge in [0.2, 0.25) is 11.8 Å². The van der Waals surface area contributed by atoms with E-state index < -0.39 is 0 Å². The number of aromatic amines is 1. The van der Waals surface area contributed by atoms with Crippen LogP contribution in [-0.2, 0) is 29.1 Å². The fourth-order valence-corrected chi connectivity index (χ4v) is 4.87. The SMILES string of the molecule is CN(C)c1ccc(CN(CCc2c[nH]c3ccccc23)C(=O)CN(Cc2ccccc2)C(=O)CC(C)(C)C)cc1. The van der Waals surface area contributed by atoms with Crippen molar-refractivity contribution < 1.29 is 9.59 Å². The van der Waals surface area contributed by atoms with Crippen molar-refractivity contribution in [2.24, 2.45) is 5.41 Å². The van der Waals surface area contributed by atoms with Crippen LogP contribution in [0.15, 0.2) is 85.1 Å². The lowest BCUT2D eigenvalue weighted by Gasteiger charge is -2.30. The van der Waals surface area contributed by atoms with Crippen LogP contribution in [0.5, 0.6) is 0 Å². The molecule has 6 nitrogen and oxygen atoms in total. The number of carbonyl (C=O) groups excluding carboxylic acids is 2. The number of fused-ring (bicyclic) bond motifs is 1. The van der Waals surface area contributed by atoms with Crippen molar-refractivity contribution in [3.8, 4) is 0 Å². The lowest BCUT2D eigenvalue weighted by atomic mass is 9.91. The van der Waals surface area contributed by atoms with Crippen LogP contribution in [0, 0.1) is 5.41 Å². The number of para-hydroxylation sites is 1. The van der Waals surface area contributed by atoms with Crippen LogP contribution in [0.4, 0.5) is 5.69 Å². The monoisotopic (exact) mass is 538 g/mol. The number of anilines is 1. The second kappa shape index (κ2) is 12.9. The highest BCUT2D eigenvalue weighted by molar-refractivity contribution is 5.85. The van der Waals surface area contributed by atoms with E-state index in [1.54, 1.807) is 4.90 Å². The van der Waals surface area contributed by atoms with Crippen molar-refractivity contribution in [1.82, 2.24) is 14.8 Å². The van der Waals surface area contributed by atoms with E-state index in [1.165, 1.54) is 10.9 Å². The first-order chi connectivity index (χ1) is 19.1. The van der Waals surface area contributed by atoms with Gasteiger partial charge in [-0.1, -0.05) is 81.4 Å². The number of hydrogen-bond acceptors (Lipinski definition) is 3. The molecule has 1 aromatic heterocycles. The topological polar surface area (TPSA) is 59.7 Å². The summed E-state index contributed by atoms with van der Waals surface area (Å²) in [6.45, 7) is 7.67. The number of amides is 2. The van der Waals surface area contributed by atoms with Crippen molar-refractivity contribution in [2.45, 2.75) is 46.7 Å². The quantitative estimate of drug-likeness (QED) is 0.245. The molecule has 1 N–H and O–H groups in total. The second-order valence-corrected chi connectivity index (χ2v) is 12.0. The summed E-state index contributed by atoms with van der Waals surface area (Å²) in [5, 5.41) is 1.18. The van der Waals surface area contributed by atoms with Crippen molar-refractivity contribution in [1.29, 1.82) is 0 Å². The van der Waals surface area contributed by atoms with Crippen LogP contribution < -0.4 is 4.90 Å². The van der Waals surface area contributed by atoms with Crippen molar-refractivity contribution in [2.75, 3.05) is 32.1 Å². The fraction of sp³-hybridized carbons (Fsp3) is 0.353. The lowest BCUT2D eigenvalue weighted by molar-refractivity contribution is -0.142. The third-order valence-corrected chi connectivity index (χ3v) is 7.08. The highest BCUT2D eigenvalue weighted by atomic mass is 16.2. The average molecular weight is 539 g/mol. The first-order valence-electron chi connectivity index (χ1n) is 14.0. The van der Waals surface area contributed by atoms with Gasteiger partial charge in [0.15, 0.2) is 0 Å². The van der Waals surface area contributed by atoms with Crippen molar-refractivity contribution in [3.63, 3.8) is 0 Å². The van der Waals surface area contributed by atoms with Gasteiger partial charge in [0, 0.05) is 62.9 Å². The molecule has 1 heterocycles. The molecule has 0 aliphatic rings. The number of carbonyl (C=O) groups is 2. The molecule has 210 valence electrons. The van der Waals surface area contributed by atoms with E-state index >= 15 is 0 Å². The largest absolute Gasteiger partial charge is 0.378 e. The average Bonchev–Trinajstić information content (AvgIpc) is 3.33. The Bertz CT molecular complexity index is 1400. The van der Waals surface area contributed by atoms with Crippen LogP contribution in [0.3, 0.4) is 0 Å². The van der Waals surface area contributed by atoms with Gasteiger partial charge in [0.05, 0.1) is 0 Å². The molecule has 0 atom stereocenters.